The number of benzene rings is 1. The summed E-state index contributed by atoms with van der Waals surface area (Å²) < 4.78 is 41.3. The van der Waals surface area contributed by atoms with Gasteiger partial charge in [0.15, 0.2) is 27.7 Å². The zero-order valence-electron chi connectivity index (χ0n) is 11.1. The molecule has 0 heterocycles. The van der Waals surface area contributed by atoms with Crippen LogP contribution in [-0.4, -0.2) is 31.8 Å². The Bertz CT molecular complexity index is 558. The molecule has 106 valence electrons. The van der Waals surface area contributed by atoms with Gasteiger partial charge in [0.2, 0.25) is 0 Å². The van der Waals surface area contributed by atoms with Crippen molar-refractivity contribution in [1.29, 1.82) is 0 Å². The highest BCUT2D eigenvalue weighted by atomic mass is 32.2. The smallest absolute Gasteiger partial charge is 0.165 e. The van der Waals surface area contributed by atoms with E-state index in [4.69, 9.17) is 4.74 Å². The topological polar surface area (TPSA) is 60.4 Å². The minimum Gasteiger partial charge on any atom is -0.489 e. The fraction of sp³-hybridized carbons (Fsp3) is 0.462. The standard InChI is InChI=1S/C13H17FO4S/c1-13(2,3)19(16,17)8-7-18-12-10(9-15)5-4-6-11(12)14/h4-6,9H,7-8H2,1-3H3. The lowest BCUT2D eigenvalue weighted by Gasteiger charge is -2.19. The summed E-state index contributed by atoms with van der Waals surface area (Å²) in [5.41, 5.74) is 0.0631. The highest BCUT2D eigenvalue weighted by molar-refractivity contribution is 7.92. The predicted molar refractivity (Wildman–Crippen MR) is 70.8 cm³/mol. The summed E-state index contributed by atoms with van der Waals surface area (Å²) in [5, 5.41) is 0. The highest BCUT2D eigenvalue weighted by Gasteiger charge is 2.28. The molecule has 0 radical (unpaired) electrons. The minimum atomic E-state index is -3.34. The molecule has 0 aliphatic carbocycles. The van der Waals surface area contributed by atoms with Crippen molar-refractivity contribution in [3.05, 3.63) is 29.6 Å². The van der Waals surface area contributed by atoms with Crippen LogP contribution in [0.3, 0.4) is 0 Å². The largest absolute Gasteiger partial charge is 0.489 e. The molecule has 1 aromatic carbocycles. The van der Waals surface area contributed by atoms with Gasteiger partial charge in [-0.2, -0.15) is 0 Å². The monoisotopic (exact) mass is 288 g/mol. The van der Waals surface area contributed by atoms with Crippen LogP contribution >= 0.6 is 0 Å². The van der Waals surface area contributed by atoms with Gasteiger partial charge in [-0.05, 0) is 32.9 Å². The van der Waals surface area contributed by atoms with E-state index in [2.05, 4.69) is 0 Å². The molecule has 19 heavy (non-hydrogen) atoms. The van der Waals surface area contributed by atoms with Gasteiger partial charge >= 0.3 is 0 Å². The van der Waals surface area contributed by atoms with Gasteiger partial charge in [-0.15, -0.1) is 0 Å². The first-order valence-corrected chi connectivity index (χ1v) is 7.43. The third-order valence-electron chi connectivity index (χ3n) is 2.66. The second kappa shape index (κ2) is 5.69. The van der Waals surface area contributed by atoms with Crippen LogP contribution in [0.2, 0.25) is 0 Å². The molecular formula is C13H17FO4S. The fourth-order valence-corrected chi connectivity index (χ4v) is 2.25. The van der Waals surface area contributed by atoms with Crippen molar-refractivity contribution in [3.8, 4) is 5.75 Å². The first-order chi connectivity index (χ1) is 8.69. The second-order valence-corrected chi connectivity index (χ2v) is 7.92. The number of rotatable bonds is 5. The molecule has 0 spiro atoms. The third-order valence-corrected chi connectivity index (χ3v) is 5.23. The van der Waals surface area contributed by atoms with Crippen LogP contribution in [-0.2, 0) is 9.84 Å². The Balaban J connectivity index is 2.77. The van der Waals surface area contributed by atoms with Gasteiger partial charge < -0.3 is 4.74 Å². The Morgan fingerprint density at radius 2 is 1.95 bits per heavy atom. The van der Waals surface area contributed by atoms with E-state index in [0.29, 0.717) is 6.29 Å². The van der Waals surface area contributed by atoms with Crippen LogP contribution in [0.25, 0.3) is 0 Å². The van der Waals surface area contributed by atoms with Crippen LogP contribution in [0.1, 0.15) is 31.1 Å². The highest BCUT2D eigenvalue weighted by Crippen LogP contribution is 2.22. The molecule has 0 amide bonds. The summed E-state index contributed by atoms with van der Waals surface area (Å²) in [6, 6.07) is 3.95. The number of sulfone groups is 1. The molecule has 0 fully saturated rings. The molecular weight excluding hydrogens is 271 g/mol. The van der Waals surface area contributed by atoms with Gasteiger partial charge in [0, 0.05) is 0 Å². The predicted octanol–water partition coefficient (Wildman–Crippen LogP) is 2.23. The van der Waals surface area contributed by atoms with Crippen molar-refractivity contribution in [2.24, 2.45) is 0 Å². The van der Waals surface area contributed by atoms with Crippen molar-refractivity contribution in [1.82, 2.24) is 0 Å². The van der Waals surface area contributed by atoms with Crippen LogP contribution in [0.15, 0.2) is 18.2 Å². The number of aldehydes is 1. The first kappa shape index (κ1) is 15.6. The van der Waals surface area contributed by atoms with Crippen molar-refractivity contribution in [2.75, 3.05) is 12.4 Å². The van der Waals surface area contributed by atoms with E-state index in [-0.39, 0.29) is 23.7 Å². The molecule has 1 rings (SSSR count). The normalized spacial score (nSPS) is 12.2. The summed E-state index contributed by atoms with van der Waals surface area (Å²) in [6.45, 7) is 4.56. The quantitative estimate of drug-likeness (QED) is 0.780. The van der Waals surface area contributed by atoms with Gasteiger partial charge in [0.25, 0.3) is 0 Å². The number of para-hydroxylation sites is 1. The van der Waals surface area contributed by atoms with E-state index in [1.807, 2.05) is 0 Å². The second-order valence-electron chi connectivity index (χ2n) is 5.06. The molecule has 0 bridgehead atoms. The number of ether oxygens (including phenoxy) is 1. The maximum atomic E-state index is 13.5. The maximum absolute atomic E-state index is 13.5. The molecule has 0 aromatic heterocycles. The number of halogens is 1. The Kier molecular flexibility index (Phi) is 4.68. The lowest BCUT2D eigenvalue weighted by atomic mass is 10.2. The number of carbonyl (C=O) groups excluding carboxylic acids is 1. The lowest BCUT2D eigenvalue weighted by Crippen LogP contribution is -2.32. The van der Waals surface area contributed by atoms with E-state index in [0.717, 1.165) is 6.07 Å². The number of hydrogen-bond donors (Lipinski definition) is 0. The van der Waals surface area contributed by atoms with Gasteiger partial charge in [-0.1, -0.05) is 6.07 Å². The Labute approximate surface area is 112 Å². The van der Waals surface area contributed by atoms with E-state index >= 15 is 0 Å². The average Bonchev–Trinajstić information content (AvgIpc) is 2.29. The summed E-state index contributed by atoms with van der Waals surface area (Å²) in [4.78, 5) is 10.7. The van der Waals surface area contributed by atoms with E-state index in [1.165, 1.54) is 12.1 Å². The minimum absolute atomic E-state index is 0.0631. The SMILES string of the molecule is CC(C)(C)S(=O)(=O)CCOc1c(F)cccc1C=O. The van der Waals surface area contributed by atoms with Crippen molar-refractivity contribution < 1.29 is 22.3 Å². The molecule has 4 nitrogen and oxygen atoms in total. The number of carbonyl (C=O) groups is 1. The van der Waals surface area contributed by atoms with Gasteiger partial charge in [-0.3, -0.25) is 4.79 Å². The van der Waals surface area contributed by atoms with Crippen molar-refractivity contribution in [2.45, 2.75) is 25.5 Å². The fourth-order valence-electron chi connectivity index (χ4n) is 1.33. The van der Waals surface area contributed by atoms with Gasteiger partial charge in [0.05, 0.1) is 16.1 Å². The van der Waals surface area contributed by atoms with Gasteiger partial charge in [0.1, 0.15) is 6.61 Å². The Morgan fingerprint density at radius 1 is 1.32 bits per heavy atom. The van der Waals surface area contributed by atoms with E-state index in [9.17, 15) is 17.6 Å². The summed E-state index contributed by atoms with van der Waals surface area (Å²) in [6.07, 6.45) is 0.469. The first-order valence-electron chi connectivity index (χ1n) is 5.78. The van der Waals surface area contributed by atoms with E-state index in [1.54, 1.807) is 20.8 Å². The summed E-state index contributed by atoms with van der Waals surface area (Å²) in [7, 11) is -3.34. The van der Waals surface area contributed by atoms with Gasteiger partial charge in [-0.25, -0.2) is 12.8 Å². The average molecular weight is 288 g/mol. The molecule has 0 aliphatic rings. The summed E-state index contributed by atoms with van der Waals surface area (Å²) in [5.74, 6) is -1.12. The molecule has 0 unspecified atom stereocenters. The van der Waals surface area contributed by atoms with E-state index < -0.39 is 20.4 Å². The Hall–Kier alpha value is -1.43. The molecule has 1 aromatic rings. The molecule has 6 heteroatoms. The third kappa shape index (κ3) is 3.76. The van der Waals surface area contributed by atoms with Crippen molar-refractivity contribution >= 4 is 16.1 Å². The lowest BCUT2D eigenvalue weighted by molar-refractivity contribution is 0.111. The molecule has 0 atom stereocenters. The van der Waals surface area contributed by atoms with Crippen LogP contribution in [0, 0.1) is 5.82 Å². The number of hydrogen-bond acceptors (Lipinski definition) is 4. The summed E-state index contributed by atoms with van der Waals surface area (Å²) >= 11 is 0. The van der Waals surface area contributed by atoms with Crippen LogP contribution in [0.4, 0.5) is 4.39 Å². The maximum Gasteiger partial charge on any atom is 0.165 e. The zero-order valence-corrected chi connectivity index (χ0v) is 12.0. The van der Waals surface area contributed by atoms with Crippen molar-refractivity contribution in [3.63, 3.8) is 0 Å². The zero-order chi connectivity index (χ0) is 14.7. The van der Waals surface area contributed by atoms with Crippen LogP contribution in [0.5, 0.6) is 5.75 Å². The van der Waals surface area contributed by atoms with Crippen LogP contribution < -0.4 is 4.74 Å². The molecule has 0 saturated heterocycles. The Morgan fingerprint density at radius 3 is 2.47 bits per heavy atom. The molecule has 0 aliphatic heterocycles. The molecule has 0 saturated carbocycles. The molecule has 0 N–H and O–H groups in total.